The summed E-state index contributed by atoms with van der Waals surface area (Å²) in [5.74, 6) is 1.86. The van der Waals surface area contributed by atoms with E-state index in [1.165, 1.54) is 25.7 Å². The zero-order chi connectivity index (χ0) is 15.1. The molecule has 4 nitrogen and oxygen atoms in total. The number of carbonyl (C=O) groups excluding carboxylic acids is 1. The van der Waals surface area contributed by atoms with Crippen molar-refractivity contribution in [3.05, 3.63) is 29.8 Å². The molecular formula is C18H23NO3. The smallest absolute Gasteiger partial charge is 0.251 e. The third kappa shape index (κ3) is 2.30. The Bertz CT molecular complexity index is 545. The van der Waals surface area contributed by atoms with Crippen LogP contribution in [0.5, 0.6) is 5.75 Å². The van der Waals surface area contributed by atoms with Crippen molar-refractivity contribution in [2.45, 2.75) is 44.2 Å². The molecule has 1 amide bonds. The van der Waals surface area contributed by atoms with Gasteiger partial charge < -0.3 is 15.2 Å². The Balaban J connectivity index is 1.48. The lowest BCUT2D eigenvalue weighted by Crippen LogP contribution is -2.63. The van der Waals surface area contributed by atoms with Gasteiger partial charge in [0.1, 0.15) is 5.75 Å². The first-order chi connectivity index (χ1) is 10.7. The van der Waals surface area contributed by atoms with Crippen LogP contribution >= 0.6 is 0 Å². The first-order valence-electron chi connectivity index (χ1n) is 8.45. The van der Waals surface area contributed by atoms with Gasteiger partial charge in [-0.2, -0.15) is 0 Å². The number of rotatable bonds is 3. The predicted molar refractivity (Wildman–Crippen MR) is 82.7 cm³/mol. The van der Waals surface area contributed by atoms with Gasteiger partial charge in [0, 0.05) is 30.0 Å². The third-order valence-corrected chi connectivity index (χ3v) is 5.81. The van der Waals surface area contributed by atoms with Crippen molar-refractivity contribution in [1.82, 2.24) is 5.32 Å². The molecule has 0 aromatic heterocycles. The maximum absolute atomic E-state index is 12.5. The monoisotopic (exact) mass is 301 g/mol. The lowest BCUT2D eigenvalue weighted by atomic mass is 9.61. The van der Waals surface area contributed by atoms with Crippen molar-refractivity contribution in [3.63, 3.8) is 0 Å². The number of phenolic OH excluding ortho intramolecular Hbond substituents is 1. The molecule has 3 aliphatic rings. The molecule has 0 spiro atoms. The number of fused-ring (bicyclic) bond motifs is 1. The van der Waals surface area contributed by atoms with Crippen LogP contribution in [0.3, 0.4) is 0 Å². The molecule has 1 saturated heterocycles. The van der Waals surface area contributed by atoms with Crippen molar-refractivity contribution < 1.29 is 14.6 Å². The number of aromatic hydroxyl groups is 1. The fourth-order valence-corrected chi connectivity index (χ4v) is 4.71. The van der Waals surface area contributed by atoms with E-state index in [-0.39, 0.29) is 17.7 Å². The van der Waals surface area contributed by atoms with Crippen LogP contribution in [-0.2, 0) is 4.74 Å². The van der Waals surface area contributed by atoms with Gasteiger partial charge in [-0.05, 0) is 36.6 Å². The second-order valence-electron chi connectivity index (χ2n) is 6.96. The lowest BCUT2D eigenvalue weighted by Gasteiger charge is -2.50. The average Bonchev–Trinajstić information content (AvgIpc) is 3.16. The second kappa shape index (κ2) is 5.58. The highest BCUT2D eigenvalue weighted by Crippen LogP contribution is 2.51. The quantitative estimate of drug-likeness (QED) is 0.902. The lowest BCUT2D eigenvalue weighted by molar-refractivity contribution is -0.0784. The van der Waals surface area contributed by atoms with E-state index in [1.54, 1.807) is 24.3 Å². The van der Waals surface area contributed by atoms with Gasteiger partial charge in [0.2, 0.25) is 0 Å². The van der Waals surface area contributed by atoms with Crippen molar-refractivity contribution in [3.8, 4) is 5.75 Å². The summed E-state index contributed by atoms with van der Waals surface area (Å²) in [5.41, 5.74) is 0.616. The maximum atomic E-state index is 12.5. The first kappa shape index (κ1) is 14.1. The van der Waals surface area contributed by atoms with E-state index in [9.17, 15) is 9.90 Å². The topological polar surface area (TPSA) is 58.6 Å². The number of benzene rings is 1. The van der Waals surface area contributed by atoms with E-state index < -0.39 is 0 Å². The summed E-state index contributed by atoms with van der Waals surface area (Å²) in [4.78, 5) is 12.5. The molecule has 2 saturated carbocycles. The molecule has 118 valence electrons. The van der Waals surface area contributed by atoms with Crippen LogP contribution in [0.15, 0.2) is 24.3 Å². The number of phenols is 1. The van der Waals surface area contributed by atoms with E-state index >= 15 is 0 Å². The summed E-state index contributed by atoms with van der Waals surface area (Å²) in [7, 11) is 0. The maximum Gasteiger partial charge on any atom is 0.251 e. The van der Waals surface area contributed by atoms with E-state index in [2.05, 4.69) is 5.32 Å². The predicted octanol–water partition coefficient (Wildman–Crippen LogP) is 2.72. The SMILES string of the molecule is O=C(N[C@H]1[C@@H]2CCO[C@@H]2[C@@H]1C1CCCC1)c1ccc(O)cc1. The number of ether oxygens (including phenoxy) is 1. The van der Waals surface area contributed by atoms with Crippen molar-refractivity contribution in [1.29, 1.82) is 0 Å². The van der Waals surface area contributed by atoms with Gasteiger partial charge in [-0.1, -0.05) is 25.7 Å². The summed E-state index contributed by atoms with van der Waals surface area (Å²) in [6, 6.07) is 6.74. The third-order valence-electron chi connectivity index (χ3n) is 5.81. The van der Waals surface area contributed by atoms with Crippen LogP contribution in [0.4, 0.5) is 0 Å². The standard InChI is InChI=1S/C18H23NO3/c20-13-7-5-12(6-8-13)18(21)19-16-14-9-10-22-17(14)15(16)11-3-1-2-4-11/h5-8,11,14-17,20H,1-4,9-10H2,(H,19,21)/t14-,15+,16-,17-/m0/s1. The molecule has 1 heterocycles. The molecule has 22 heavy (non-hydrogen) atoms. The van der Waals surface area contributed by atoms with Gasteiger partial charge in [0.05, 0.1) is 6.10 Å². The molecule has 4 atom stereocenters. The van der Waals surface area contributed by atoms with Crippen molar-refractivity contribution >= 4 is 5.91 Å². The molecule has 1 aromatic rings. The molecule has 4 rings (SSSR count). The van der Waals surface area contributed by atoms with E-state index in [0.29, 0.717) is 29.4 Å². The van der Waals surface area contributed by atoms with Crippen molar-refractivity contribution in [2.24, 2.45) is 17.8 Å². The summed E-state index contributed by atoms with van der Waals surface area (Å²) in [5, 5.41) is 12.6. The molecule has 1 aromatic carbocycles. The minimum absolute atomic E-state index is 0.0293. The first-order valence-corrected chi connectivity index (χ1v) is 8.45. The summed E-state index contributed by atoms with van der Waals surface area (Å²) in [6.45, 7) is 0.837. The van der Waals surface area contributed by atoms with E-state index in [4.69, 9.17) is 4.74 Å². The Morgan fingerprint density at radius 2 is 1.86 bits per heavy atom. The average molecular weight is 301 g/mol. The molecule has 3 fully saturated rings. The van der Waals surface area contributed by atoms with Gasteiger partial charge >= 0.3 is 0 Å². The van der Waals surface area contributed by atoms with Crippen LogP contribution in [-0.4, -0.2) is 29.8 Å². The summed E-state index contributed by atoms with van der Waals surface area (Å²) < 4.78 is 5.93. The number of amides is 1. The summed E-state index contributed by atoms with van der Waals surface area (Å²) in [6.07, 6.45) is 6.63. The fraction of sp³-hybridized carbons (Fsp3) is 0.611. The van der Waals surface area contributed by atoms with Crippen LogP contribution in [0.1, 0.15) is 42.5 Å². The molecule has 0 bridgehead atoms. The second-order valence-corrected chi connectivity index (χ2v) is 6.96. The molecule has 4 heteroatoms. The molecule has 0 radical (unpaired) electrons. The van der Waals surface area contributed by atoms with Crippen molar-refractivity contribution in [2.75, 3.05) is 6.61 Å². The highest BCUT2D eigenvalue weighted by atomic mass is 16.5. The Hall–Kier alpha value is -1.55. The highest BCUT2D eigenvalue weighted by molar-refractivity contribution is 5.94. The highest BCUT2D eigenvalue weighted by Gasteiger charge is 2.56. The van der Waals surface area contributed by atoms with Gasteiger partial charge in [-0.3, -0.25) is 4.79 Å². The minimum atomic E-state index is -0.0293. The van der Waals surface area contributed by atoms with Crippen LogP contribution in [0.2, 0.25) is 0 Å². The number of hydrogen-bond donors (Lipinski definition) is 2. The Labute approximate surface area is 130 Å². The normalized spacial score (nSPS) is 34.2. The molecule has 0 unspecified atom stereocenters. The molecular weight excluding hydrogens is 278 g/mol. The van der Waals surface area contributed by atoms with Gasteiger partial charge in [0.15, 0.2) is 0 Å². The van der Waals surface area contributed by atoms with Crippen LogP contribution in [0.25, 0.3) is 0 Å². The molecule has 2 N–H and O–H groups in total. The molecule has 2 aliphatic carbocycles. The minimum Gasteiger partial charge on any atom is -0.508 e. The fourth-order valence-electron chi connectivity index (χ4n) is 4.71. The van der Waals surface area contributed by atoms with Gasteiger partial charge in [-0.15, -0.1) is 0 Å². The van der Waals surface area contributed by atoms with E-state index in [1.807, 2.05) is 0 Å². The largest absolute Gasteiger partial charge is 0.508 e. The Morgan fingerprint density at radius 3 is 2.59 bits per heavy atom. The number of carbonyl (C=O) groups is 1. The van der Waals surface area contributed by atoms with Crippen LogP contribution in [0, 0.1) is 17.8 Å². The van der Waals surface area contributed by atoms with Crippen LogP contribution < -0.4 is 5.32 Å². The number of nitrogens with one attached hydrogen (secondary N) is 1. The zero-order valence-corrected chi connectivity index (χ0v) is 12.7. The number of hydrogen-bond acceptors (Lipinski definition) is 3. The molecule has 1 aliphatic heterocycles. The summed E-state index contributed by atoms with van der Waals surface area (Å²) >= 11 is 0. The van der Waals surface area contributed by atoms with E-state index in [0.717, 1.165) is 13.0 Å². The van der Waals surface area contributed by atoms with Gasteiger partial charge in [-0.25, -0.2) is 0 Å². The Morgan fingerprint density at radius 1 is 1.14 bits per heavy atom. The Kier molecular flexibility index (Phi) is 3.57. The zero-order valence-electron chi connectivity index (χ0n) is 12.7. The van der Waals surface area contributed by atoms with Gasteiger partial charge in [0.25, 0.3) is 5.91 Å².